The molecule has 0 aliphatic heterocycles. The Kier molecular flexibility index (Phi) is 9.51. The fourth-order valence-corrected chi connectivity index (χ4v) is 3.76. The third-order valence-electron chi connectivity index (χ3n) is 5.95. The molecule has 7 heteroatoms. The standard InChI is InChI=1S/C27H37N3O4/c1-6-20(3)29(17-23(31)19-33-7-2)18-26-21(4)28-30(22-11-9-8-10-12-22)27(26)34-25-15-13-24(32-5)14-16-25/h8-16,20,23,31H,6-7,17-19H2,1-5H3/t20-,23+/m1/s1. The van der Waals surface area contributed by atoms with Crippen molar-refractivity contribution in [3.63, 3.8) is 0 Å². The maximum absolute atomic E-state index is 10.5. The van der Waals surface area contributed by atoms with Crippen molar-refractivity contribution in [1.29, 1.82) is 0 Å². The van der Waals surface area contributed by atoms with Crippen LogP contribution < -0.4 is 9.47 Å². The van der Waals surface area contributed by atoms with E-state index in [0.717, 1.165) is 29.1 Å². The zero-order chi connectivity index (χ0) is 24.5. The van der Waals surface area contributed by atoms with Gasteiger partial charge >= 0.3 is 0 Å². The Balaban J connectivity index is 1.97. The number of benzene rings is 2. The van der Waals surface area contributed by atoms with E-state index in [1.807, 2.05) is 73.1 Å². The smallest absolute Gasteiger partial charge is 0.227 e. The van der Waals surface area contributed by atoms with Gasteiger partial charge in [-0.05, 0) is 63.6 Å². The van der Waals surface area contributed by atoms with E-state index in [0.29, 0.717) is 37.9 Å². The molecule has 0 spiro atoms. The van der Waals surface area contributed by atoms with Gasteiger partial charge in [-0.2, -0.15) is 5.10 Å². The largest absolute Gasteiger partial charge is 0.497 e. The summed E-state index contributed by atoms with van der Waals surface area (Å²) >= 11 is 0. The summed E-state index contributed by atoms with van der Waals surface area (Å²) in [5.74, 6) is 2.14. The number of aliphatic hydroxyl groups is 1. The lowest BCUT2D eigenvalue weighted by atomic mass is 10.1. The van der Waals surface area contributed by atoms with Gasteiger partial charge in [-0.25, -0.2) is 4.68 Å². The van der Waals surface area contributed by atoms with Crippen LogP contribution in [-0.4, -0.2) is 58.8 Å². The molecule has 0 aliphatic rings. The van der Waals surface area contributed by atoms with Crippen molar-refractivity contribution in [2.45, 2.75) is 52.8 Å². The molecule has 2 atom stereocenters. The number of rotatable bonds is 13. The van der Waals surface area contributed by atoms with Gasteiger partial charge in [0, 0.05) is 25.7 Å². The molecule has 0 saturated heterocycles. The number of aryl methyl sites for hydroxylation is 1. The number of aliphatic hydroxyl groups excluding tert-OH is 1. The highest BCUT2D eigenvalue weighted by Crippen LogP contribution is 2.33. The Morgan fingerprint density at radius 2 is 1.71 bits per heavy atom. The zero-order valence-electron chi connectivity index (χ0n) is 20.9. The Labute approximate surface area is 202 Å². The van der Waals surface area contributed by atoms with Gasteiger partial charge in [0.05, 0.1) is 36.8 Å². The van der Waals surface area contributed by atoms with E-state index in [2.05, 4.69) is 18.7 Å². The number of ether oxygens (including phenoxy) is 3. The van der Waals surface area contributed by atoms with E-state index in [1.165, 1.54) is 0 Å². The van der Waals surface area contributed by atoms with Gasteiger partial charge in [0.25, 0.3) is 0 Å². The molecule has 0 saturated carbocycles. The summed E-state index contributed by atoms with van der Waals surface area (Å²) in [6, 6.07) is 17.8. The van der Waals surface area contributed by atoms with Gasteiger partial charge in [0.2, 0.25) is 5.88 Å². The minimum absolute atomic E-state index is 0.268. The van der Waals surface area contributed by atoms with Gasteiger partial charge in [-0.15, -0.1) is 0 Å². The van der Waals surface area contributed by atoms with Crippen LogP contribution in [0.25, 0.3) is 5.69 Å². The molecular weight excluding hydrogens is 430 g/mol. The molecular formula is C27H37N3O4. The summed E-state index contributed by atoms with van der Waals surface area (Å²) in [4.78, 5) is 2.27. The summed E-state index contributed by atoms with van der Waals surface area (Å²) in [6.07, 6.45) is 0.395. The first-order valence-corrected chi connectivity index (χ1v) is 11.9. The number of hydrogen-bond acceptors (Lipinski definition) is 6. The molecule has 0 fully saturated rings. The minimum atomic E-state index is -0.565. The van der Waals surface area contributed by atoms with E-state index < -0.39 is 6.10 Å². The second-order valence-electron chi connectivity index (χ2n) is 8.39. The highest BCUT2D eigenvalue weighted by molar-refractivity contribution is 5.44. The lowest BCUT2D eigenvalue weighted by Gasteiger charge is -2.30. The first-order chi connectivity index (χ1) is 16.5. The second kappa shape index (κ2) is 12.6. The predicted molar refractivity (Wildman–Crippen MR) is 134 cm³/mol. The fraction of sp³-hybridized carbons (Fsp3) is 0.444. The van der Waals surface area contributed by atoms with Crippen LogP contribution in [0, 0.1) is 6.92 Å². The van der Waals surface area contributed by atoms with Crippen molar-refractivity contribution in [3.8, 4) is 23.1 Å². The Hall–Kier alpha value is -2.87. The molecule has 1 heterocycles. The second-order valence-corrected chi connectivity index (χ2v) is 8.39. The van der Waals surface area contributed by atoms with E-state index in [9.17, 15) is 5.11 Å². The molecule has 2 aromatic carbocycles. The van der Waals surface area contributed by atoms with Crippen molar-refractivity contribution < 1.29 is 19.3 Å². The SMILES string of the molecule is CCOC[C@@H](O)CN(Cc1c(C)nn(-c2ccccc2)c1Oc1ccc(OC)cc1)[C@H](C)CC. The lowest BCUT2D eigenvalue weighted by Crippen LogP contribution is -2.40. The average molecular weight is 468 g/mol. The van der Waals surface area contributed by atoms with Crippen LogP contribution in [0.4, 0.5) is 0 Å². The molecule has 0 unspecified atom stereocenters. The van der Waals surface area contributed by atoms with E-state index in [1.54, 1.807) is 7.11 Å². The molecule has 7 nitrogen and oxygen atoms in total. The van der Waals surface area contributed by atoms with Crippen molar-refractivity contribution in [2.75, 3.05) is 26.9 Å². The monoisotopic (exact) mass is 467 g/mol. The number of aromatic nitrogens is 2. The third-order valence-corrected chi connectivity index (χ3v) is 5.95. The summed E-state index contributed by atoms with van der Waals surface area (Å²) in [7, 11) is 1.64. The van der Waals surface area contributed by atoms with E-state index in [-0.39, 0.29) is 6.04 Å². The van der Waals surface area contributed by atoms with Crippen LogP contribution in [0.3, 0.4) is 0 Å². The lowest BCUT2D eigenvalue weighted by molar-refractivity contribution is 0.0111. The Morgan fingerprint density at radius 3 is 2.32 bits per heavy atom. The predicted octanol–water partition coefficient (Wildman–Crippen LogP) is 4.98. The van der Waals surface area contributed by atoms with Gasteiger partial charge in [-0.3, -0.25) is 4.90 Å². The summed E-state index contributed by atoms with van der Waals surface area (Å²) < 4.78 is 19.0. The average Bonchev–Trinajstić information content (AvgIpc) is 3.17. The summed E-state index contributed by atoms with van der Waals surface area (Å²) in [5.41, 5.74) is 2.80. The molecule has 0 aliphatic carbocycles. The van der Waals surface area contributed by atoms with Crippen LogP contribution >= 0.6 is 0 Å². The van der Waals surface area contributed by atoms with E-state index >= 15 is 0 Å². The molecule has 3 rings (SSSR count). The van der Waals surface area contributed by atoms with Crippen LogP contribution in [-0.2, 0) is 11.3 Å². The molecule has 1 aromatic heterocycles. The van der Waals surface area contributed by atoms with Gasteiger partial charge in [-0.1, -0.05) is 25.1 Å². The number of nitrogens with zero attached hydrogens (tertiary/aromatic N) is 3. The van der Waals surface area contributed by atoms with E-state index in [4.69, 9.17) is 19.3 Å². The van der Waals surface area contributed by atoms with Crippen molar-refractivity contribution in [2.24, 2.45) is 0 Å². The highest BCUT2D eigenvalue weighted by Gasteiger charge is 2.24. The normalized spacial score (nSPS) is 13.1. The number of methoxy groups -OCH3 is 1. The quantitative estimate of drug-likeness (QED) is 0.382. The van der Waals surface area contributed by atoms with Crippen molar-refractivity contribution in [1.82, 2.24) is 14.7 Å². The Bertz CT molecular complexity index is 1000. The van der Waals surface area contributed by atoms with Crippen LogP contribution in [0.2, 0.25) is 0 Å². The zero-order valence-corrected chi connectivity index (χ0v) is 20.9. The van der Waals surface area contributed by atoms with Crippen molar-refractivity contribution in [3.05, 3.63) is 65.9 Å². The molecule has 1 N–H and O–H groups in total. The van der Waals surface area contributed by atoms with Crippen molar-refractivity contribution >= 4 is 0 Å². The first-order valence-electron chi connectivity index (χ1n) is 11.9. The van der Waals surface area contributed by atoms with Gasteiger partial charge in [0.15, 0.2) is 0 Å². The van der Waals surface area contributed by atoms with Crippen LogP contribution in [0.1, 0.15) is 38.4 Å². The van der Waals surface area contributed by atoms with Gasteiger partial charge < -0.3 is 19.3 Å². The molecule has 0 radical (unpaired) electrons. The molecule has 0 bridgehead atoms. The molecule has 0 amide bonds. The fourth-order valence-electron chi connectivity index (χ4n) is 3.76. The maximum atomic E-state index is 10.5. The summed E-state index contributed by atoms with van der Waals surface area (Å²) in [6.45, 7) is 10.3. The van der Waals surface area contributed by atoms with Gasteiger partial charge in [0.1, 0.15) is 11.5 Å². The molecule has 184 valence electrons. The summed E-state index contributed by atoms with van der Waals surface area (Å²) in [5, 5.41) is 15.4. The topological polar surface area (TPSA) is 69.0 Å². The number of hydrogen-bond donors (Lipinski definition) is 1. The third kappa shape index (κ3) is 6.59. The first kappa shape index (κ1) is 25.7. The highest BCUT2D eigenvalue weighted by atomic mass is 16.5. The molecule has 34 heavy (non-hydrogen) atoms. The van der Waals surface area contributed by atoms with Crippen LogP contribution in [0.15, 0.2) is 54.6 Å². The maximum Gasteiger partial charge on any atom is 0.227 e. The Morgan fingerprint density at radius 1 is 1.03 bits per heavy atom. The minimum Gasteiger partial charge on any atom is -0.497 e. The van der Waals surface area contributed by atoms with Crippen LogP contribution in [0.5, 0.6) is 17.4 Å². The number of para-hydroxylation sites is 1. The molecule has 3 aromatic rings.